The number of rotatable bonds is 3. The molecule has 110 valence electrons. The van der Waals surface area contributed by atoms with E-state index in [0.717, 1.165) is 6.42 Å². The second kappa shape index (κ2) is 6.20. The van der Waals surface area contributed by atoms with Crippen LogP contribution >= 0.6 is 23.2 Å². The highest BCUT2D eigenvalue weighted by Gasteiger charge is 2.34. The molecular weight excluding hydrogens is 301 g/mol. The molecule has 6 heteroatoms. The summed E-state index contributed by atoms with van der Waals surface area (Å²) in [4.78, 5) is 14.2. The Morgan fingerprint density at radius 2 is 2.05 bits per heavy atom. The van der Waals surface area contributed by atoms with Crippen LogP contribution < -0.4 is 4.74 Å². The van der Waals surface area contributed by atoms with E-state index in [-0.39, 0.29) is 24.5 Å². The van der Waals surface area contributed by atoms with E-state index in [2.05, 4.69) is 0 Å². The number of aliphatic hydroxyl groups excluding tert-OH is 1. The summed E-state index contributed by atoms with van der Waals surface area (Å²) in [7, 11) is 1.47. The molecule has 2 rings (SSSR count). The number of carbonyl (C=O) groups is 1. The van der Waals surface area contributed by atoms with E-state index < -0.39 is 0 Å². The molecule has 1 fully saturated rings. The lowest BCUT2D eigenvalue weighted by Crippen LogP contribution is -2.39. The maximum absolute atomic E-state index is 12.5. The number of hydrogen-bond acceptors (Lipinski definition) is 3. The number of carbonyl (C=O) groups excluding carboxylic acids is 1. The fourth-order valence-electron chi connectivity index (χ4n) is 2.58. The average molecular weight is 318 g/mol. The van der Waals surface area contributed by atoms with Crippen LogP contribution in [-0.4, -0.2) is 42.2 Å². The second-order valence-corrected chi connectivity index (χ2v) is 5.80. The summed E-state index contributed by atoms with van der Waals surface area (Å²) in [6.45, 7) is 2.62. The Morgan fingerprint density at radius 3 is 2.55 bits per heavy atom. The van der Waals surface area contributed by atoms with Gasteiger partial charge >= 0.3 is 0 Å². The van der Waals surface area contributed by atoms with Crippen molar-refractivity contribution in [2.75, 3.05) is 20.3 Å². The van der Waals surface area contributed by atoms with Gasteiger partial charge in [-0.3, -0.25) is 4.79 Å². The third kappa shape index (κ3) is 2.73. The minimum atomic E-state index is -0.167. The van der Waals surface area contributed by atoms with E-state index in [4.69, 9.17) is 27.9 Å². The maximum atomic E-state index is 12.5. The molecule has 1 heterocycles. The Balaban J connectivity index is 2.30. The number of ether oxygens (including phenoxy) is 1. The van der Waals surface area contributed by atoms with Crippen molar-refractivity contribution in [2.24, 2.45) is 5.92 Å². The normalized spacial score (nSPS) is 22.1. The molecule has 4 nitrogen and oxygen atoms in total. The molecule has 1 aliphatic rings. The Bertz CT molecular complexity index is 498. The minimum absolute atomic E-state index is 0.0372. The van der Waals surface area contributed by atoms with E-state index in [9.17, 15) is 9.90 Å². The Hall–Kier alpha value is -0.970. The van der Waals surface area contributed by atoms with Crippen molar-refractivity contribution in [3.8, 4) is 5.75 Å². The molecule has 0 aromatic heterocycles. The lowest BCUT2D eigenvalue weighted by Gasteiger charge is -2.25. The van der Waals surface area contributed by atoms with Gasteiger partial charge in [0, 0.05) is 12.1 Å². The van der Waals surface area contributed by atoms with E-state index in [1.54, 1.807) is 17.0 Å². The molecule has 1 aromatic rings. The molecule has 0 radical (unpaired) electrons. The highest BCUT2D eigenvalue weighted by Crippen LogP contribution is 2.35. The number of amides is 1. The number of aliphatic hydroxyl groups is 1. The molecular formula is C14H17Cl2NO3. The fourth-order valence-corrected chi connectivity index (χ4v) is 3.22. The van der Waals surface area contributed by atoms with Crippen molar-refractivity contribution in [3.63, 3.8) is 0 Å². The van der Waals surface area contributed by atoms with Gasteiger partial charge in [0.2, 0.25) is 0 Å². The molecule has 1 N–H and O–H groups in total. The molecule has 0 saturated carbocycles. The van der Waals surface area contributed by atoms with E-state index in [1.807, 2.05) is 6.92 Å². The summed E-state index contributed by atoms with van der Waals surface area (Å²) < 4.78 is 5.07. The Kier molecular flexibility index (Phi) is 4.78. The van der Waals surface area contributed by atoms with Gasteiger partial charge in [-0.25, -0.2) is 0 Å². The van der Waals surface area contributed by atoms with Crippen molar-refractivity contribution in [2.45, 2.75) is 19.4 Å². The predicted molar refractivity (Wildman–Crippen MR) is 78.7 cm³/mol. The molecule has 0 aliphatic carbocycles. The first-order valence-electron chi connectivity index (χ1n) is 6.44. The zero-order chi connectivity index (χ0) is 14.9. The summed E-state index contributed by atoms with van der Waals surface area (Å²) in [5, 5.41) is 10.0. The molecule has 0 bridgehead atoms. The molecule has 1 aliphatic heterocycles. The van der Waals surface area contributed by atoms with Crippen molar-refractivity contribution in [3.05, 3.63) is 27.7 Å². The van der Waals surface area contributed by atoms with Crippen molar-refractivity contribution >= 4 is 29.1 Å². The molecule has 1 aromatic carbocycles. The zero-order valence-corrected chi connectivity index (χ0v) is 12.9. The molecule has 2 unspecified atom stereocenters. The van der Waals surface area contributed by atoms with Crippen LogP contribution in [0, 0.1) is 5.92 Å². The van der Waals surface area contributed by atoms with Gasteiger partial charge in [-0.05, 0) is 24.5 Å². The molecule has 20 heavy (non-hydrogen) atoms. The third-order valence-corrected chi connectivity index (χ3v) is 4.34. The fraction of sp³-hybridized carbons (Fsp3) is 0.500. The predicted octanol–water partition coefficient (Wildman–Crippen LogP) is 2.84. The number of hydrogen-bond donors (Lipinski definition) is 1. The molecule has 2 atom stereocenters. The number of nitrogens with zero attached hydrogens (tertiary/aromatic N) is 1. The van der Waals surface area contributed by atoms with E-state index in [1.165, 1.54) is 7.11 Å². The number of halogens is 2. The Labute approximate surface area is 128 Å². The monoisotopic (exact) mass is 317 g/mol. The first-order valence-corrected chi connectivity index (χ1v) is 7.20. The van der Waals surface area contributed by atoms with Crippen LogP contribution in [0.3, 0.4) is 0 Å². The summed E-state index contributed by atoms with van der Waals surface area (Å²) in [6, 6.07) is 2.94. The van der Waals surface area contributed by atoms with Crippen LogP contribution in [-0.2, 0) is 0 Å². The van der Waals surface area contributed by atoms with E-state index in [0.29, 0.717) is 27.9 Å². The van der Waals surface area contributed by atoms with Crippen LogP contribution in [0.2, 0.25) is 10.0 Å². The summed E-state index contributed by atoms with van der Waals surface area (Å²) in [5.74, 6) is 0.478. The Morgan fingerprint density at radius 1 is 1.45 bits per heavy atom. The quantitative estimate of drug-likeness (QED) is 0.932. The highest BCUT2D eigenvalue weighted by atomic mass is 35.5. The number of likely N-dealkylation sites (tertiary alicyclic amines) is 1. The SMILES string of the molecule is COc1c(Cl)cc(C(=O)N2CCC(C)C2CO)cc1Cl. The van der Waals surface area contributed by atoms with Gasteiger partial charge < -0.3 is 14.7 Å². The third-order valence-electron chi connectivity index (χ3n) is 3.78. The van der Waals surface area contributed by atoms with E-state index >= 15 is 0 Å². The average Bonchev–Trinajstić information content (AvgIpc) is 2.78. The smallest absolute Gasteiger partial charge is 0.254 e. The number of methoxy groups -OCH3 is 1. The van der Waals surface area contributed by atoms with Gasteiger partial charge in [0.1, 0.15) is 0 Å². The van der Waals surface area contributed by atoms with Gasteiger partial charge in [-0.15, -0.1) is 0 Å². The minimum Gasteiger partial charge on any atom is -0.494 e. The first kappa shape index (κ1) is 15.4. The summed E-state index contributed by atoms with van der Waals surface area (Å²) >= 11 is 12.1. The van der Waals surface area contributed by atoms with Crippen LogP contribution in [0.5, 0.6) is 5.75 Å². The summed E-state index contributed by atoms with van der Waals surface area (Å²) in [5.41, 5.74) is 0.411. The molecule has 0 spiro atoms. The summed E-state index contributed by atoms with van der Waals surface area (Å²) in [6.07, 6.45) is 0.884. The van der Waals surface area contributed by atoms with Gasteiger partial charge in [0.25, 0.3) is 5.91 Å². The van der Waals surface area contributed by atoms with Crippen LogP contribution in [0.15, 0.2) is 12.1 Å². The highest BCUT2D eigenvalue weighted by molar-refractivity contribution is 6.37. The molecule has 1 amide bonds. The van der Waals surface area contributed by atoms with Gasteiger partial charge in [0.05, 0.1) is 29.8 Å². The van der Waals surface area contributed by atoms with Crippen molar-refractivity contribution in [1.82, 2.24) is 4.90 Å². The second-order valence-electron chi connectivity index (χ2n) is 4.99. The number of benzene rings is 1. The topological polar surface area (TPSA) is 49.8 Å². The first-order chi connectivity index (χ1) is 9.49. The largest absolute Gasteiger partial charge is 0.494 e. The van der Waals surface area contributed by atoms with Gasteiger partial charge in [-0.1, -0.05) is 30.1 Å². The van der Waals surface area contributed by atoms with Crippen LogP contribution in [0.1, 0.15) is 23.7 Å². The molecule has 1 saturated heterocycles. The van der Waals surface area contributed by atoms with Crippen LogP contribution in [0.4, 0.5) is 0 Å². The maximum Gasteiger partial charge on any atom is 0.254 e. The van der Waals surface area contributed by atoms with Crippen molar-refractivity contribution in [1.29, 1.82) is 0 Å². The standard InChI is InChI=1S/C14H17Cl2NO3/c1-8-3-4-17(12(8)7-18)14(19)9-5-10(15)13(20-2)11(16)6-9/h5-6,8,12,18H,3-4,7H2,1-2H3. The lowest BCUT2D eigenvalue weighted by molar-refractivity contribution is 0.0648. The van der Waals surface area contributed by atoms with Crippen LogP contribution in [0.25, 0.3) is 0 Å². The lowest BCUT2D eigenvalue weighted by atomic mass is 10.0. The van der Waals surface area contributed by atoms with Gasteiger partial charge in [-0.2, -0.15) is 0 Å². The zero-order valence-electron chi connectivity index (χ0n) is 11.4. The van der Waals surface area contributed by atoms with Gasteiger partial charge in [0.15, 0.2) is 5.75 Å². The van der Waals surface area contributed by atoms with Crippen molar-refractivity contribution < 1.29 is 14.6 Å².